The number of nitrogens with zero attached hydrogens (tertiary/aromatic N) is 1. The molecule has 0 aliphatic carbocycles. The van der Waals surface area contributed by atoms with E-state index in [0.717, 1.165) is 32.3 Å². The Kier molecular flexibility index (Phi) is 6.26. The van der Waals surface area contributed by atoms with Gasteiger partial charge in [-0.2, -0.15) is 13.5 Å². The molecular formula is C32H22N2O4S. The number of nitrogens with one attached hydrogen (secondary N) is 1. The van der Waals surface area contributed by atoms with Crippen molar-refractivity contribution in [2.24, 2.45) is 5.10 Å². The second-order valence-electron chi connectivity index (χ2n) is 8.98. The molecule has 0 aliphatic rings. The fraction of sp³-hybridized carbons (Fsp3) is 0. The molecule has 1 N–H and O–H groups in total. The highest BCUT2D eigenvalue weighted by Crippen LogP contribution is 2.29. The van der Waals surface area contributed by atoms with Crippen LogP contribution in [0.25, 0.3) is 32.3 Å². The van der Waals surface area contributed by atoms with Crippen LogP contribution < -0.4 is 9.57 Å². The number of esters is 1. The zero-order valence-corrected chi connectivity index (χ0v) is 21.4. The third-order valence-electron chi connectivity index (χ3n) is 6.54. The van der Waals surface area contributed by atoms with Crippen LogP contribution in [-0.4, -0.2) is 20.6 Å². The third kappa shape index (κ3) is 4.83. The first-order chi connectivity index (χ1) is 19.0. The Bertz CT molecular complexity index is 2010. The Morgan fingerprint density at radius 2 is 1.28 bits per heavy atom. The first-order valence-corrected chi connectivity index (χ1v) is 13.7. The average Bonchev–Trinajstić information content (AvgIpc) is 2.97. The normalized spacial score (nSPS) is 11.8. The highest BCUT2D eigenvalue weighted by molar-refractivity contribution is 7.89. The SMILES string of the molecule is O=C(Oc1ccc2ccccc2c1/C=N\NS(=O)(=O)c1ccc2ccccc2c1)c1cccc2ccccc12. The maximum atomic E-state index is 13.3. The van der Waals surface area contributed by atoms with Gasteiger partial charge < -0.3 is 4.74 Å². The number of benzene rings is 6. The number of hydrogen-bond donors (Lipinski definition) is 1. The number of carbonyl (C=O) groups excluding carboxylic acids is 1. The van der Waals surface area contributed by atoms with Crippen molar-refractivity contribution in [3.8, 4) is 5.75 Å². The average molecular weight is 531 g/mol. The molecule has 0 heterocycles. The predicted octanol–water partition coefficient (Wildman–Crippen LogP) is 6.68. The molecule has 7 heteroatoms. The molecule has 190 valence electrons. The molecule has 0 aliphatic heterocycles. The van der Waals surface area contributed by atoms with Crippen LogP contribution in [0, 0.1) is 0 Å². The molecule has 0 radical (unpaired) electrons. The smallest absolute Gasteiger partial charge is 0.344 e. The molecule has 6 rings (SSSR count). The zero-order valence-electron chi connectivity index (χ0n) is 20.6. The minimum absolute atomic E-state index is 0.0962. The monoisotopic (exact) mass is 530 g/mol. The molecule has 0 saturated carbocycles. The van der Waals surface area contributed by atoms with Crippen LogP contribution >= 0.6 is 0 Å². The van der Waals surface area contributed by atoms with Crippen LogP contribution in [0.5, 0.6) is 5.75 Å². The summed E-state index contributed by atoms with van der Waals surface area (Å²) in [6.45, 7) is 0. The van der Waals surface area contributed by atoms with Crippen LogP contribution in [0.2, 0.25) is 0 Å². The molecule has 0 unspecified atom stereocenters. The molecule has 0 fully saturated rings. The number of rotatable bonds is 6. The number of fused-ring (bicyclic) bond motifs is 3. The lowest BCUT2D eigenvalue weighted by atomic mass is 10.0. The zero-order chi connectivity index (χ0) is 26.8. The molecule has 6 aromatic rings. The highest BCUT2D eigenvalue weighted by Gasteiger charge is 2.17. The standard InChI is InChI=1S/C32H22N2O4S/c35-32(29-15-7-12-23-9-3-5-13-27(23)29)38-31-19-17-24-10-4-6-14-28(24)30(31)21-33-34-39(36,37)26-18-16-22-8-1-2-11-25(22)20-26/h1-21,34H/b33-21-. The van der Waals surface area contributed by atoms with Gasteiger partial charge >= 0.3 is 5.97 Å². The van der Waals surface area contributed by atoms with Crippen molar-refractivity contribution in [1.82, 2.24) is 4.83 Å². The van der Waals surface area contributed by atoms with Gasteiger partial charge in [-0.1, -0.05) is 97.1 Å². The van der Waals surface area contributed by atoms with Gasteiger partial charge in [0, 0.05) is 5.56 Å². The van der Waals surface area contributed by atoms with Crippen molar-refractivity contribution in [3.63, 3.8) is 0 Å². The Labute approximate surface area is 225 Å². The highest BCUT2D eigenvalue weighted by atomic mass is 32.2. The summed E-state index contributed by atoms with van der Waals surface area (Å²) in [7, 11) is -3.93. The van der Waals surface area contributed by atoms with Crippen molar-refractivity contribution < 1.29 is 17.9 Å². The van der Waals surface area contributed by atoms with E-state index in [2.05, 4.69) is 9.93 Å². The largest absolute Gasteiger partial charge is 0.422 e. The lowest BCUT2D eigenvalue weighted by Gasteiger charge is -2.12. The van der Waals surface area contributed by atoms with Crippen molar-refractivity contribution in [3.05, 3.63) is 132 Å². The molecule has 0 atom stereocenters. The van der Waals surface area contributed by atoms with Gasteiger partial charge in [-0.25, -0.2) is 9.63 Å². The fourth-order valence-corrected chi connectivity index (χ4v) is 5.43. The minimum atomic E-state index is -3.93. The fourth-order valence-electron chi connectivity index (χ4n) is 4.60. The molecule has 0 bridgehead atoms. The second-order valence-corrected chi connectivity index (χ2v) is 10.6. The van der Waals surface area contributed by atoms with Gasteiger partial charge in [0.25, 0.3) is 10.0 Å². The Morgan fingerprint density at radius 1 is 0.667 bits per heavy atom. The molecule has 6 nitrogen and oxygen atoms in total. The molecule has 0 saturated heterocycles. The number of carbonyl (C=O) groups is 1. The van der Waals surface area contributed by atoms with Crippen LogP contribution in [-0.2, 0) is 10.0 Å². The van der Waals surface area contributed by atoms with Crippen LogP contribution in [0.4, 0.5) is 0 Å². The minimum Gasteiger partial charge on any atom is -0.422 e. The van der Waals surface area contributed by atoms with Crippen molar-refractivity contribution in [1.29, 1.82) is 0 Å². The molecule has 39 heavy (non-hydrogen) atoms. The molecule has 0 aromatic heterocycles. The van der Waals surface area contributed by atoms with E-state index >= 15 is 0 Å². The summed E-state index contributed by atoms with van der Waals surface area (Å²) in [4.78, 5) is 15.7. The van der Waals surface area contributed by atoms with E-state index in [1.165, 1.54) is 12.3 Å². The molecule has 0 spiro atoms. The third-order valence-corrected chi connectivity index (χ3v) is 7.76. The lowest BCUT2D eigenvalue weighted by Crippen LogP contribution is -2.18. The van der Waals surface area contributed by atoms with Gasteiger partial charge in [-0.05, 0) is 56.6 Å². The van der Waals surface area contributed by atoms with Gasteiger partial charge in [0.15, 0.2) is 0 Å². The lowest BCUT2D eigenvalue weighted by molar-refractivity contribution is 0.0737. The van der Waals surface area contributed by atoms with Crippen molar-refractivity contribution in [2.75, 3.05) is 0 Å². The van der Waals surface area contributed by atoms with E-state index in [9.17, 15) is 13.2 Å². The maximum Gasteiger partial charge on any atom is 0.344 e. The Hall–Kier alpha value is -5.01. The van der Waals surface area contributed by atoms with Gasteiger partial charge in [0.1, 0.15) is 5.75 Å². The summed E-state index contributed by atoms with van der Waals surface area (Å²) >= 11 is 0. The molecular weight excluding hydrogens is 508 g/mol. The van der Waals surface area contributed by atoms with E-state index in [4.69, 9.17) is 4.74 Å². The number of hydrogen-bond acceptors (Lipinski definition) is 5. The Morgan fingerprint density at radius 3 is 2.08 bits per heavy atom. The van der Waals surface area contributed by atoms with E-state index in [-0.39, 0.29) is 10.6 Å². The van der Waals surface area contributed by atoms with Crippen molar-refractivity contribution in [2.45, 2.75) is 4.90 Å². The van der Waals surface area contributed by atoms with E-state index in [1.807, 2.05) is 91.0 Å². The first-order valence-electron chi connectivity index (χ1n) is 12.2. The van der Waals surface area contributed by atoms with Gasteiger partial charge in [-0.3, -0.25) is 0 Å². The predicted molar refractivity (Wildman–Crippen MR) is 155 cm³/mol. The van der Waals surface area contributed by atoms with Gasteiger partial charge in [0.2, 0.25) is 0 Å². The van der Waals surface area contributed by atoms with Crippen LogP contribution in [0.1, 0.15) is 15.9 Å². The van der Waals surface area contributed by atoms with E-state index in [1.54, 1.807) is 24.3 Å². The summed E-state index contributed by atoms with van der Waals surface area (Å²) in [6, 6.07) is 36.5. The summed E-state index contributed by atoms with van der Waals surface area (Å²) < 4.78 is 31.8. The summed E-state index contributed by atoms with van der Waals surface area (Å²) in [5.41, 5.74) is 0.907. The van der Waals surface area contributed by atoms with Gasteiger partial charge in [0.05, 0.1) is 16.7 Å². The van der Waals surface area contributed by atoms with E-state index < -0.39 is 16.0 Å². The first kappa shape index (κ1) is 24.3. The summed E-state index contributed by atoms with van der Waals surface area (Å²) in [5.74, 6) is -0.256. The quantitative estimate of drug-likeness (QED) is 0.113. The molecule has 0 amide bonds. The Balaban J connectivity index is 1.34. The number of ether oxygens (including phenoxy) is 1. The van der Waals surface area contributed by atoms with Crippen LogP contribution in [0.15, 0.2) is 131 Å². The summed E-state index contributed by atoms with van der Waals surface area (Å²) in [6.07, 6.45) is 1.37. The number of hydrazone groups is 1. The number of sulfonamides is 1. The van der Waals surface area contributed by atoms with Crippen molar-refractivity contribution >= 4 is 54.5 Å². The molecule has 6 aromatic carbocycles. The maximum absolute atomic E-state index is 13.3. The second kappa shape index (κ2) is 10.0. The van der Waals surface area contributed by atoms with Crippen LogP contribution in [0.3, 0.4) is 0 Å². The summed E-state index contributed by atoms with van der Waals surface area (Å²) in [5, 5.41) is 9.16. The van der Waals surface area contributed by atoms with E-state index in [0.29, 0.717) is 11.1 Å². The topological polar surface area (TPSA) is 84.8 Å². The van der Waals surface area contributed by atoms with Gasteiger partial charge in [-0.15, -0.1) is 0 Å².